The Kier molecular flexibility index (Phi) is 7.47. The first-order chi connectivity index (χ1) is 16.4. The number of hydrogen-bond acceptors (Lipinski definition) is 6. The lowest BCUT2D eigenvalue weighted by atomic mass is 10.1. The van der Waals surface area contributed by atoms with Gasteiger partial charge in [-0.05, 0) is 75.2 Å². The molecule has 0 bridgehead atoms. The first kappa shape index (κ1) is 23.8. The average Bonchev–Trinajstić information content (AvgIpc) is 3.34. The van der Waals surface area contributed by atoms with Crippen LogP contribution < -0.4 is 19.7 Å². The SMILES string of the molecule is Cc1ccc(C)c(OCC(=O)c2ccc3c(c2)N(CC(=O)NCCN2CCCC2)C(=O)CO3)c1. The molecule has 180 valence electrons. The maximum Gasteiger partial charge on any atom is 0.265 e. The summed E-state index contributed by atoms with van der Waals surface area (Å²) in [6.07, 6.45) is 2.40. The first-order valence-electron chi connectivity index (χ1n) is 11.7. The molecule has 0 saturated carbocycles. The maximum atomic E-state index is 12.8. The number of carbonyl (C=O) groups is 3. The molecule has 2 amide bonds. The Hall–Kier alpha value is -3.39. The topological polar surface area (TPSA) is 88.2 Å². The third-order valence-corrected chi connectivity index (χ3v) is 6.18. The molecule has 2 aliphatic heterocycles. The minimum atomic E-state index is -0.321. The van der Waals surface area contributed by atoms with Crippen molar-refractivity contribution in [2.75, 3.05) is 50.8 Å². The van der Waals surface area contributed by atoms with E-state index in [0.717, 1.165) is 30.8 Å². The van der Waals surface area contributed by atoms with Crippen LogP contribution in [0.15, 0.2) is 36.4 Å². The van der Waals surface area contributed by atoms with E-state index in [2.05, 4.69) is 10.2 Å². The number of nitrogens with zero attached hydrogens (tertiary/aromatic N) is 2. The van der Waals surface area contributed by atoms with Crippen molar-refractivity contribution in [2.45, 2.75) is 26.7 Å². The highest BCUT2D eigenvalue weighted by Crippen LogP contribution is 2.33. The molecular weight excluding hydrogens is 434 g/mol. The smallest absolute Gasteiger partial charge is 0.265 e. The second-order valence-electron chi connectivity index (χ2n) is 8.83. The molecule has 2 heterocycles. The molecule has 2 aromatic rings. The van der Waals surface area contributed by atoms with Gasteiger partial charge in [-0.1, -0.05) is 12.1 Å². The van der Waals surface area contributed by atoms with E-state index in [4.69, 9.17) is 9.47 Å². The van der Waals surface area contributed by atoms with Crippen LogP contribution in [-0.2, 0) is 9.59 Å². The van der Waals surface area contributed by atoms with Gasteiger partial charge in [-0.25, -0.2) is 0 Å². The number of rotatable bonds is 9. The summed E-state index contributed by atoms with van der Waals surface area (Å²) in [5.41, 5.74) is 2.81. The normalized spacial score (nSPS) is 15.6. The minimum Gasteiger partial charge on any atom is -0.485 e. The number of fused-ring (bicyclic) bond motifs is 1. The summed E-state index contributed by atoms with van der Waals surface area (Å²) in [5, 5.41) is 2.89. The number of anilines is 1. The van der Waals surface area contributed by atoms with Gasteiger partial charge in [0.05, 0.1) is 5.69 Å². The zero-order chi connectivity index (χ0) is 24.1. The van der Waals surface area contributed by atoms with Gasteiger partial charge in [-0.15, -0.1) is 0 Å². The Bertz CT molecular complexity index is 1080. The molecule has 2 aromatic carbocycles. The van der Waals surface area contributed by atoms with E-state index < -0.39 is 0 Å². The van der Waals surface area contributed by atoms with Gasteiger partial charge in [-0.3, -0.25) is 19.3 Å². The van der Waals surface area contributed by atoms with Crippen molar-refractivity contribution in [3.63, 3.8) is 0 Å². The van der Waals surface area contributed by atoms with Gasteiger partial charge < -0.3 is 19.7 Å². The predicted octanol–water partition coefficient (Wildman–Crippen LogP) is 2.50. The monoisotopic (exact) mass is 465 g/mol. The number of Topliss-reactive ketones (excluding diaryl/α,β-unsaturated/α-hetero) is 1. The summed E-state index contributed by atoms with van der Waals surface area (Å²) in [6, 6.07) is 10.7. The molecule has 1 fully saturated rings. The Balaban J connectivity index is 1.40. The van der Waals surface area contributed by atoms with Crippen molar-refractivity contribution in [1.29, 1.82) is 0 Å². The second kappa shape index (κ2) is 10.7. The van der Waals surface area contributed by atoms with Crippen molar-refractivity contribution in [2.24, 2.45) is 0 Å². The van der Waals surface area contributed by atoms with Gasteiger partial charge in [0.15, 0.2) is 19.0 Å². The molecule has 2 aliphatic rings. The number of carbonyl (C=O) groups excluding carboxylic acids is 3. The highest BCUT2D eigenvalue weighted by atomic mass is 16.5. The molecule has 0 radical (unpaired) electrons. The molecule has 0 atom stereocenters. The van der Waals surface area contributed by atoms with Gasteiger partial charge in [0.25, 0.3) is 5.91 Å². The van der Waals surface area contributed by atoms with Crippen LogP contribution in [0.1, 0.15) is 34.3 Å². The Morgan fingerprint density at radius 1 is 1.09 bits per heavy atom. The zero-order valence-electron chi connectivity index (χ0n) is 19.8. The number of benzene rings is 2. The number of hydrogen-bond donors (Lipinski definition) is 1. The summed E-state index contributed by atoms with van der Waals surface area (Å²) in [4.78, 5) is 41.6. The number of likely N-dealkylation sites (tertiary alicyclic amines) is 1. The lowest BCUT2D eigenvalue weighted by Crippen LogP contribution is -2.46. The van der Waals surface area contributed by atoms with Crippen LogP contribution in [0.3, 0.4) is 0 Å². The van der Waals surface area contributed by atoms with E-state index in [0.29, 0.717) is 29.3 Å². The summed E-state index contributed by atoms with van der Waals surface area (Å²) in [6.45, 7) is 6.97. The van der Waals surface area contributed by atoms with Gasteiger partial charge in [0.2, 0.25) is 5.91 Å². The van der Waals surface area contributed by atoms with E-state index in [9.17, 15) is 14.4 Å². The maximum absolute atomic E-state index is 12.8. The molecule has 4 rings (SSSR count). The molecule has 0 aliphatic carbocycles. The minimum absolute atomic E-state index is 0.119. The van der Waals surface area contributed by atoms with E-state index in [-0.39, 0.29) is 37.4 Å². The van der Waals surface area contributed by atoms with Crippen molar-refractivity contribution in [3.05, 3.63) is 53.1 Å². The van der Waals surface area contributed by atoms with Crippen LogP contribution in [0.2, 0.25) is 0 Å². The van der Waals surface area contributed by atoms with Crippen molar-refractivity contribution >= 4 is 23.3 Å². The first-order valence-corrected chi connectivity index (χ1v) is 11.7. The molecule has 8 heteroatoms. The molecule has 34 heavy (non-hydrogen) atoms. The predicted molar refractivity (Wildman–Crippen MR) is 129 cm³/mol. The van der Waals surface area contributed by atoms with Gasteiger partial charge >= 0.3 is 0 Å². The van der Waals surface area contributed by atoms with Gasteiger partial charge in [0.1, 0.15) is 18.0 Å². The Morgan fingerprint density at radius 3 is 2.68 bits per heavy atom. The largest absolute Gasteiger partial charge is 0.485 e. The molecule has 8 nitrogen and oxygen atoms in total. The van der Waals surface area contributed by atoms with Gasteiger partial charge in [0, 0.05) is 18.7 Å². The summed E-state index contributed by atoms with van der Waals surface area (Å²) < 4.78 is 11.3. The summed E-state index contributed by atoms with van der Waals surface area (Å²) >= 11 is 0. The van der Waals surface area contributed by atoms with Gasteiger partial charge in [-0.2, -0.15) is 0 Å². The van der Waals surface area contributed by atoms with Crippen molar-refractivity contribution < 1.29 is 23.9 Å². The lowest BCUT2D eigenvalue weighted by Gasteiger charge is -2.29. The van der Waals surface area contributed by atoms with Crippen molar-refractivity contribution in [3.8, 4) is 11.5 Å². The summed E-state index contributed by atoms with van der Waals surface area (Å²) in [5.74, 6) is 0.346. The second-order valence-corrected chi connectivity index (χ2v) is 8.83. The molecule has 0 spiro atoms. The molecular formula is C26H31N3O5. The third-order valence-electron chi connectivity index (χ3n) is 6.18. The third kappa shape index (κ3) is 5.75. The molecule has 1 N–H and O–H groups in total. The van der Waals surface area contributed by atoms with E-state index in [1.54, 1.807) is 18.2 Å². The number of aryl methyl sites for hydroxylation is 2. The fourth-order valence-corrected chi connectivity index (χ4v) is 4.20. The van der Waals surface area contributed by atoms with E-state index >= 15 is 0 Å². The highest BCUT2D eigenvalue weighted by Gasteiger charge is 2.28. The summed E-state index contributed by atoms with van der Waals surface area (Å²) in [7, 11) is 0. The lowest BCUT2D eigenvalue weighted by molar-refractivity contribution is -0.125. The number of ether oxygens (including phenoxy) is 2. The van der Waals surface area contributed by atoms with Crippen LogP contribution in [-0.4, -0.2) is 68.4 Å². The Morgan fingerprint density at radius 2 is 1.88 bits per heavy atom. The molecule has 0 unspecified atom stereocenters. The van der Waals surface area contributed by atoms with Crippen molar-refractivity contribution in [1.82, 2.24) is 10.2 Å². The van der Waals surface area contributed by atoms with Crippen LogP contribution in [0.4, 0.5) is 5.69 Å². The fourth-order valence-electron chi connectivity index (χ4n) is 4.20. The van der Waals surface area contributed by atoms with Crippen LogP contribution in [0, 0.1) is 13.8 Å². The number of ketones is 1. The van der Waals surface area contributed by atoms with Crippen LogP contribution >= 0.6 is 0 Å². The quantitative estimate of drug-likeness (QED) is 0.573. The van der Waals surface area contributed by atoms with E-state index in [1.165, 1.54) is 17.7 Å². The van der Waals surface area contributed by atoms with Crippen LogP contribution in [0.25, 0.3) is 0 Å². The zero-order valence-corrected chi connectivity index (χ0v) is 19.8. The number of nitrogens with one attached hydrogen (secondary N) is 1. The standard InChI is InChI=1S/C26H31N3O5/c1-18-5-6-19(2)24(13-18)33-16-22(30)20-7-8-23-21(14-20)29(26(32)17-34-23)15-25(31)27-9-12-28-10-3-4-11-28/h5-8,13-14H,3-4,9-12,15-17H2,1-2H3,(H,27,31). The fraction of sp³-hybridized carbons (Fsp3) is 0.423. The molecule has 1 saturated heterocycles. The number of amides is 2. The molecule has 0 aromatic heterocycles. The average molecular weight is 466 g/mol. The van der Waals surface area contributed by atoms with E-state index in [1.807, 2.05) is 32.0 Å². The Labute approximate surface area is 199 Å². The highest BCUT2D eigenvalue weighted by molar-refractivity contribution is 6.04. The van der Waals surface area contributed by atoms with Crippen LogP contribution in [0.5, 0.6) is 11.5 Å².